The topological polar surface area (TPSA) is 75.3 Å². The number of fused-ring (bicyclic) bond motifs is 1. The molecular weight excluding hydrogens is 383 g/mol. The van der Waals surface area contributed by atoms with Gasteiger partial charge >= 0.3 is 0 Å². The molecule has 2 N–H and O–H groups in total. The number of sulfonamides is 1. The van der Waals surface area contributed by atoms with Crippen molar-refractivity contribution in [3.8, 4) is 0 Å². The third-order valence-electron chi connectivity index (χ3n) is 4.25. The van der Waals surface area contributed by atoms with Crippen LogP contribution in [-0.4, -0.2) is 21.4 Å². The first-order valence-electron chi connectivity index (χ1n) is 7.64. The number of rotatable bonds is 4. The zero-order valence-corrected chi connectivity index (χ0v) is 15.7. The quantitative estimate of drug-likeness (QED) is 0.828. The lowest BCUT2D eigenvalue weighted by molar-refractivity contribution is 0.0936. The number of hydrogen-bond donors (Lipinski definition) is 2. The van der Waals surface area contributed by atoms with Gasteiger partial charge in [-0.15, -0.1) is 0 Å². The summed E-state index contributed by atoms with van der Waals surface area (Å²) >= 11 is 12.1. The van der Waals surface area contributed by atoms with Crippen LogP contribution in [0.5, 0.6) is 0 Å². The van der Waals surface area contributed by atoms with Crippen molar-refractivity contribution in [2.24, 2.45) is 0 Å². The molecule has 0 aliphatic heterocycles. The Labute approximate surface area is 156 Å². The molecule has 0 spiro atoms. The van der Waals surface area contributed by atoms with Gasteiger partial charge in [-0.05, 0) is 61.3 Å². The SMILES string of the molecule is CNS(=O)(=O)c1ccc(Cl)c(C(=O)NC2CCc3cc(Cl)ccc32)c1. The van der Waals surface area contributed by atoms with Crippen molar-refractivity contribution in [3.63, 3.8) is 0 Å². The van der Waals surface area contributed by atoms with Crippen LogP contribution in [0.2, 0.25) is 10.0 Å². The van der Waals surface area contributed by atoms with E-state index in [1.807, 2.05) is 12.1 Å². The monoisotopic (exact) mass is 398 g/mol. The van der Waals surface area contributed by atoms with Crippen molar-refractivity contribution >= 4 is 39.1 Å². The molecule has 0 heterocycles. The van der Waals surface area contributed by atoms with E-state index in [1.54, 1.807) is 6.07 Å². The Morgan fingerprint density at radius 3 is 2.64 bits per heavy atom. The van der Waals surface area contributed by atoms with Gasteiger partial charge in [0.15, 0.2) is 0 Å². The molecule has 5 nitrogen and oxygen atoms in total. The van der Waals surface area contributed by atoms with Gasteiger partial charge < -0.3 is 5.32 Å². The van der Waals surface area contributed by atoms with Crippen LogP contribution in [0.15, 0.2) is 41.3 Å². The zero-order chi connectivity index (χ0) is 18.2. The van der Waals surface area contributed by atoms with Crippen molar-refractivity contribution in [3.05, 3.63) is 63.1 Å². The fraction of sp³-hybridized carbons (Fsp3) is 0.235. The van der Waals surface area contributed by atoms with Gasteiger partial charge in [-0.2, -0.15) is 0 Å². The maximum atomic E-state index is 12.6. The minimum atomic E-state index is -3.65. The molecule has 2 aromatic rings. The van der Waals surface area contributed by atoms with Crippen LogP contribution >= 0.6 is 23.2 Å². The van der Waals surface area contributed by atoms with E-state index in [0.717, 1.165) is 24.0 Å². The Bertz CT molecular complexity index is 945. The van der Waals surface area contributed by atoms with Crippen LogP contribution in [0.25, 0.3) is 0 Å². The molecule has 0 aromatic heterocycles. The molecule has 132 valence electrons. The second-order valence-corrected chi connectivity index (χ2v) is 8.49. The Morgan fingerprint density at radius 2 is 1.92 bits per heavy atom. The average molecular weight is 399 g/mol. The highest BCUT2D eigenvalue weighted by molar-refractivity contribution is 7.89. The molecule has 1 aliphatic rings. The molecule has 1 unspecified atom stereocenters. The Hall–Kier alpha value is -1.60. The minimum Gasteiger partial charge on any atom is -0.345 e. The van der Waals surface area contributed by atoms with E-state index in [0.29, 0.717) is 5.02 Å². The molecule has 0 saturated heterocycles. The minimum absolute atomic E-state index is 0.0110. The summed E-state index contributed by atoms with van der Waals surface area (Å²) in [6.07, 6.45) is 1.58. The Morgan fingerprint density at radius 1 is 1.16 bits per heavy atom. The van der Waals surface area contributed by atoms with Crippen LogP contribution in [0.1, 0.15) is 33.9 Å². The highest BCUT2D eigenvalue weighted by Gasteiger charge is 2.26. The predicted octanol–water partition coefficient (Wildman–Crippen LogP) is 3.32. The third kappa shape index (κ3) is 3.67. The van der Waals surface area contributed by atoms with Crippen molar-refractivity contribution in [2.45, 2.75) is 23.8 Å². The van der Waals surface area contributed by atoms with Gasteiger partial charge in [-0.3, -0.25) is 4.79 Å². The fourth-order valence-electron chi connectivity index (χ4n) is 2.94. The number of carbonyl (C=O) groups excluding carboxylic acids is 1. The van der Waals surface area contributed by atoms with Crippen LogP contribution < -0.4 is 10.0 Å². The molecule has 3 rings (SSSR count). The number of benzene rings is 2. The molecule has 8 heteroatoms. The van der Waals surface area contributed by atoms with Gasteiger partial charge in [0.25, 0.3) is 5.91 Å². The maximum absolute atomic E-state index is 12.6. The molecule has 0 bridgehead atoms. The highest BCUT2D eigenvalue weighted by atomic mass is 35.5. The zero-order valence-electron chi connectivity index (χ0n) is 13.3. The number of hydrogen-bond acceptors (Lipinski definition) is 3. The van der Waals surface area contributed by atoms with E-state index in [2.05, 4.69) is 10.0 Å². The summed E-state index contributed by atoms with van der Waals surface area (Å²) in [4.78, 5) is 12.6. The van der Waals surface area contributed by atoms with Crippen molar-refractivity contribution < 1.29 is 13.2 Å². The summed E-state index contributed by atoms with van der Waals surface area (Å²) in [5, 5.41) is 3.79. The van der Waals surface area contributed by atoms with Gasteiger partial charge in [-0.25, -0.2) is 13.1 Å². The standard InChI is InChI=1S/C17H16Cl2N2O3S/c1-20-25(23,24)12-4-6-15(19)14(9-12)17(22)21-16-7-2-10-8-11(18)3-5-13(10)16/h3-6,8-9,16,20H,2,7H2,1H3,(H,21,22). The van der Waals surface area contributed by atoms with E-state index >= 15 is 0 Å². The summed E-state index contributed by atoms with van der Waals surface area (Å²) in [5.41, 5.74) is 2.25. The van der Waals surface area contributed by atoms with Gasteiger partial charge in [0.05, 0.1) is 21.5 Å². The van der Waals surface area contributed by atoms with E-state index in [-0.39, 0.29) is 21.5 Å². The normalized spacial score (nSPS) is 16.5. The van der Waals surface area contributed by atoms with E-state index in [1.165, 1.54) is 25.2 Å². The van der Waals surface area contributed by atoms with Crippen molar-refractivity contribution in [2.75, 3.05) is 7.05 Å². The second kappa shape index (κ2) is 6.96. The first-order valence-corrected chi connectivity index (χ1v) is 9.88. The van der Waals surface area contributed by atoms with Crippen LogP contribution in [0.4, 0.5) is 0 Å². The van der Waals surface area contributed by atoms with Gasteiger partial charge in [0.2, 0.25) is 10.0 Å². The first kappa shape index (κ1) is 18.2. The lowest BCUT2D eigenvalue weighted by atomic mass is 10.1. The number of halogens is 2. The van der Waals surface area contributed by atoms with Crippen LogP contribution in [0, 0.1) is 0 Å². The third-order valence-corrected chi connectivity index (χ3v) is 6.23. The number of carbonyl (C=O) groups is 1. The van der Waals surface area contributed by atoms with Gasteiger partial charge in [0.1, 0.15) is 0 Å². The number of aryl methyl sites for hydroxylation is 1. The summed E-state index contributed by atoms with van der Waals surface area (Å²) in [7, 11) is -2.35. The lowest BCUT2D eigenvalue weighted by Crippen LogP contribution is -2.28. The Balaban J connectivity index is 1.87. The van der Waals surface area contributed by atoms with E-state index in [4.69, 9.17) is 23.2 Å². The average Bonchev–Trinajstić information content (AvgIpc) is 2.96. The molecule has 0 saturated carbocycles. The second-order valence-electron chi connectivity index (χ2n) is 5.76. The number of nitrogens with one attached hydrogen (secondary N) is 2. The summed E-state index contributed by atoms with van der Waals surface area (Å²) in [6.45, 7) is 0. The summed E-state index contributed by atoms with van der Waals surface area (Å²) in [6, 6.07) is 9.48. The highest BCUT2D eigenvalue weighted by Crippen LogP contribution is 2.33. The number of amides is 1. The largest absolute Gasteiger partial charge is 0.345 e. The van der Waals surface area contributed by atoms with Crippen LogP contribution in [-0.2, 0) is 16.4 Å². The molecule has 25 heavy (non-hydrogen) atoms. The molecular formula is C17H16Cl2N2O3S. The van der Waals surface area contributed by atoms with E-state index in [9.17, 15) is 13.2 Å². The summed E-state index contributed by atoms with van der Waals surface area (Å²) < 4.78 is 26.1. The van der Waals surface area contributed by atoms with Gasteiger partial charge in [0, 0.05) is 5.02 Å². The lowest BCUT2D eigenvalue weighted by Gasteiger charge is -2.15. The Kier molecular flexibility index (Phi) is 5.06. The molecule has 1 amide bonds. The smallest absolute Gasteiger partial charge is 0.253 e. The predicted molar refractivity (Wildman–Crippen MR) is 97.7 cm³/mol. The fourth-order valence-corrected chi connectivity index (χ4v) is 4.09. The van der Waals surface area contributed by atoms with Crippen molar-refractivity contribution in [1.82, 2.24) is 10.0 Å². The van der Waals surface area contributed by atoms with Crippen LogP contribution in [0.3, 0.4) is 0 Å². The molecule has 2 aromatic carbocycles. The van der Waals surface area contributed by atoms with E-state index < -0.39 is 15.9 Å². The maximum Gasteiger partial charge on any atom is 0.253 e. The molecule has 1 aliphatic carbocycles. The molecule has 0 fully saturated rings. The summed E-state index contributed by atoms with van der Waals surface area (Å²) in [5.74, 6) is -0.411. The molecule has 1 atom stereocenters. The first-order chi connectivity index (χ1) is 11.8. The molecule has 0 radical (unpaired) electrons. The van der Waals surface area contributed by atoms with Gasteiger partial charge in [-0.1, -0.05) is 29.3 Å². The van der Waals surface area contributed by atoms with Crippen molar-refractivity contribution in [1.29, 1.82) is 0 Å².